The first-order chi connectivity index (χ1) is 12.5. The summed E-state index contributed by atoms with van der Waals surface area (Å²) in [4.78, 5) is 4.66. The lowest BCUT2D eigenvalue weighted by Crippen LogP contribution is -2.24. The minimum Gasteiger partial charge on any atom is -0.361 e. The van der Waals surface area contributed by atoms with Gasteiger partial charge in [0.15, 0.2) is 0 Å². The molecule has 1 aliphatic carbocycles. The summed E-state index contributed by atoms with van der Waals surface area (Å²) >= 11 is 0. The van der Waals surface area contributed by atoms with Gasteiger partial charge in [-0.15, -0.1) is 0 Å². The van der Waals surface area contributed by atoms with E-state index in [2.05, 4.69) is 55.5 Å². The molecule has 0 saturated heterocycles. The summed E-state index contributed by atoms with van der Waals surface area (Å²) in [5, 5.41) is 3.43. The van der Waals surface area contributed by atoms with Crippen LogP contribution in [0.4, 0.5) is 11.4 Å². The van der Waals surface area contributed by atoms with Gasteiger partial charge in [0, 0.05) is 18.1 Å². The second-order valence-corrected chi connectivity index (χ2v) is 8.01. The van der Waals surface area contributed by atoms with E-state index in [0.717, 1.165) is 24.2 Å². The van der Waals surface area contributed by atoms with E-state index < -0.39 is 0 Å². The summed E-state index contributed by atoms with van der Waals surface area (Å²) in [6.45, 7) is 6.99. The number of nitrogens with one attached hydrogen (secondary N) is 1. The molecule has 0 aromatic heterocycles. The zero-order valence-corrected chi connectivity index (χ0v) is 15.9. The van der Waals surface area contributed by atoms with Crippen molar-refractivity contribution < 1.29 is 0 Å². The average molecular weight is 345 g/mol. The summed E-state index contributed by atoms with van der Waals surface area (Å²) < 4.78 is 0. The Bertz CT molecular complexity index is 793. The van der Waals surface area contributed by atoms with Crippen LogP contribution in [0.3, 0.4) is 0 Å². The number of hydrogen-bond donors (Lipinski definition) is 1. The minimum absolute atomic E-state index is 0.270. The Kier molecular flexibility index (Phi) is 5.72. The van der Waals surface area contributed by atoms with Crippen LogP contribution in [-0.2, 0) is 0 Å². The van der Waals surface area contributed by atoms with Gasteiger partial charge in [-0.1, -0.05) is 63.2 Å². The zero-order chi connectivity index (χ0) is 18.4. The van der Waals surface area contributed by atoms with Crippen LogP contribution >= 0.6 is 0 Å². The van der Waals surface area contributed by atoms with Crippen LogP contribution in [-0.4, -0.2) is 6.21 Å². The van der Waals surface area contributed by atoms with Gasteiger partial charge in [-0.2, -0.15) is 0 Å². The molecule has 2 heteroatoms. The van der Waals surface area contributed by atoms with Gasteiger partial charge in [0.05, 0.1) is 5.69 Å². The third kappa shape index (κ3) is 5.19. The molecule has 0 amide bonds. The van der Waals surface area contributed by atoms with Crippen LogP contribution in [0.5, 0.6) is 0 Å². The molecular formula is C24H28N2. The number of rotatable bonds is 4. The Morgan fingerprint density at radius 3 is 2.23 bits per heavy atom. The van der Waals surface area contributed by atoms with Gasteiger partial charge < -0.3 is 5.32 Å². The van der Waals surface area contributed by atoms with Crippen molar-refractivity contribution in [1.82, 2.24) is 0 Å². The fourth-order valence-corrected chi connectivity index (χ4v) is 3.18. The van der Waals surface area contributed by atoms with E-state index in [4.69, 9.17) is 0 Å². The van der Waals surface area contributed by atoms with Gasteiger partial charge in [-0.3, -0.25) is 4.99 Å². The minimum atomic E-state index is 0.270. The lowest BCUT2D eigenvalue weighted by Gasteiger charge is -2.34. The lowest BCUT2D eigenvalue weighted by atomic mass is 9.71. The lowest BCUT2D eigenvalue weighted by molar-refractivity contribution is 0.235. The Hall–Kier alpha value is -2.61. The van der Waals surface area contributed by atoms with E-state index in [-0.39, 0.29) is 5.41 Å². The normalized spacial score (nSPS) is 19.6. The maximum atomic E-state index is 4.66. The predicted molar refractivity (Wildman–Crippen MR) is 113 cm³/mol. The standard InChI is InChI=1S/C24H28N2/c1-24(2,3)21-15-19(17-25-22-10-6-4-7-11-22)14-20(16-21)18-26-23-12-8-5-9-13-23/h4-14,17-18,21,25H,15-16H2,1-3H3/b19-17-,26-18?. The molecule has 2 aromatic carbocycles. The molecule has 1 N–H and O–H groups in total. The summed E-state index contributed by atoms with van der Waals surface area (Å²) in [5.41, 5.74) is 5.01. The molecule has 0 heterocycles. The second-order valence-electron chi connectivity index (χ2n) is 8.01. The molecule has 0 spiro atoms. The smallest absolute Gasteiger partial charge is 0.0629 e. The molecule has 2 nitrogen and oxygen atoms in total. The third-order valence-corrected chi connectivity index (χ3v) is 4.89. The molecule has 0 aliphatic heterocycles. The molecule has 1 atom stereocenters. The molecule has 0 fully saturated rings. The highest BCUT2D eigenvalue weighted by Gasteiger charge is 2.28. The van der Waals surface area contributed by atoms with Crippen molar-refractivity contribution in [2.45, 2.75) is 33.6 Å². The van der Waals surface area contributed by atoms with Crippen molar-refractivity contribution in [3.63, 3.8) is 0 Å². The molecule has 0 radical (unpaired) electrons. The topological polar surface area (TPSA) is 24.4 Å². The summed E-state index contributed by atoms with van der Waals surface area (Å²) in [7, 11) is 0. The number of hydrogen-bond acceptors (Lipinski definition) is 2. The average Bonchev–Trinajstić information content (AvgIpc) is 2.66. The quantitative estimate of drug-likeness (QED) is 0.608. The highest BCUT2D eigenvalue weighted by atomic mass is 14.8. The van der Waals surface area contributed by atoms with Crippen molar-refractivity contribution in [2.75, 3.05) is 5.32 Å². The van der Waals surface area contributed by atoms with Gasteiger partial charge in [0.2, 0.25) is 0 Å². The zero-order valence-electron chi connectivity index (χ0n) is 15.9. The monoisotopic (exact) mass is 344 g/mol. The SMILES string of the molecule is CC(C)(C)C1CC(C=Nc2ccccc2)=C/C(=C/Nc2ccccc2)C1. The number of benzene rings is 2. The number of allylic oxidation sites excluding steroid dienone is 3. The van der Waals surface area contributed by atoms with E-state index in [1.807, 2.05) is 54.7 Å². The Morgan fingerprint density at radius 1 is 0.923 bits per heavy atom. The largest absolute Gasteiger partial charge is 0.361 e. The van der Waals surface area contributed by atoms with Gasteiger partial charge in [-0.05, 0) is 59.6 Å². The Morgan fingerprint density at radius 2 is 1.58 bits per heavy atom. The van der Waals surface area contributed by atoms with E-state index in [1.165, 1.54) is 11.1 Å². The number of nitrogens with zero attached hydrogens (tertiary/aromatic N) is 1. The first kappa shape index (κ1) is 18.2. The van der Waals surface area contributed by atoms with Crippen LogP contribution in [0.25, 0.3) is 0 Å². The van der Waals surface area contributed by atoms with Crippen molar-refractivity contribution in [2.24, 2.45) is 16.3 Å². The van der Waals surface area contributed by atoms with Gasteiger partial charge in [-0.25, -0.2) is 0 Å². The fraction of sp³-hybridized carbons (Fsp3) is 0.292. The third-order valence-electron chi connectivity index (χ3n) is 4.89. The van der Waals surface area contributed by atoms with E-state index in [9.17, 15) is 0 Å². The molecule has 26 heavy (non-hydrogen) atoms. The molecule has 0 saturated carbocycles. The molecule has 1 aliphatic rings. The first-order valence-electron chi connectivity index (χ1n) is 9.31. The van der Waals surface area contributed by atoms with Crippen molar-refractivity contribution >= 4 is 17.6 Å². The first-order valence-corrected chi connectivity index (χ1v) is 9.31. The molecular weight excluding hydrogens is 316 g/mol. The van der Waals surface area contributed by atoms with E-state index in [0.29, 0.717) is 5.92 Å². The van der Waals surface area contributed by atoms with Gasteiger partial charge in [0.1, 0.15) is 0 Å². The molecule has 3 rings (SSSR count). The van der Waals surface area contributed by atoms with Crippen LogP contribution in [0.15, 0.2) is 89.1 Å². The number of aliphatic imine (C=N–C) groups is 1. The highest BCUT2D eigenvalue weighted by molar-refractivity contribution is 5.82. The molecule has 1 unspecified atom stereocenters. The van der Waals surface area contributed by atoms with Crippen LogP contribution < -0.4 is 5.32 Å². The fourth-order valence-electron chi connectivity index (χ4n) is 3.18. The van der Waals surface area contributed by atoms with E-state index in [1.54, 1.807) is 0 Å². The number of para-hydroxylation sites is 2. The summed E-state index contributed by atoms with van der Waals surface area (Å²) in [5.74, 6) is 0.605. The highest BCUT2D eigenvalue weighted by Crippen LogP contribution is 2.39. The van der Waals surface area contributed by atoms with Crippen molar-refractivity contribution in [3.8, 4) is 0 Å². The van der Waals surface area contributed by atoms with Crippen molar-refractivity contribution in [1.29, 1.82) is 0 Å². The molecule has 2 aromatic rings. The maximum absolute atomic E-state index is 4.66. The van der Waals surface area contributed by atoms with Gasteiger partial charge >= 0.3 is 0 Å². The van der Waals surface area contributed by atoms with Crippen LogP contribution in [0.2, 0.25) is 0 Å². The summed E-state index contributed by atoms with van der Waals surface area (Å²) in [6.07, 6.45) is 8.62. The maximum Gasteiger partial charge on any atom is 0.0629 e. The van der Waals surface area contributed by atoms with Crippen LogP contribution in [0.1, 0.15) is 33.6 Å². The number of anilines is 1. The van der Waals surface area contributed by atoms with Crippen molar-refractivity contribution in [3.05, 3.63) is 84.1 Å². The Balaban J connectivity index is 1.81. The molecule has 134 valence electrons. The second kappa shape index (κ2) is 8.18. The molecule has 0 bridgehead atoms. The Labute approximate surface area is 157 Å². The van der Waals surface area contributed by atoms with Crippen LogP contribution in [0, 0.1) is 11.3 Å². The van der Waals surface area contributed by atoms with E-state index >= 15 is 0 Å². The predicted octanol–water partition coefficient (Wildman–Crippen LogP) is 6.77. The summed E-state index contributed by atoms with van der Waals surface area (Å²) in [6, 6.07) is 20.4. The van der Waals surface area contributed by atoms with Gasteiger partial charge in [0.25, 0.3) is 0 Å².